The summed E-state index contributed by atoms with van der Waals surface area (Å²) in [6, 6.07) is 0. The van der Waals surface area contributed by atoms with E-state index in [2.05, 4.69) is 52.0 Å². The zero-order valence-electron chi connectivity index (χ0n) is 8.17. The van der Waals surface area contributed by atoms with E-state index < -0.39 is 0 Å². The van der Waals surface area contributed by atoms with E-state index in [-0.39, 0.29) is 0 Å². The molecule has 0 saturated heterocycles. The van der Waals surface area contributed by atoms with Crippen LogP contribution in [0.4, 0.5) is 0 Å². The molecule has 0 aliphatic heterocycles. The fraction of sp³-hybridized carbons (Fsp3) is 0.636. The second kappa shape index (κ2) is 6.21. The Balaban J connectivity index is 3.52. The van der Waals surface area contributed by atoms with E-state index in [1.165, 1.54) is 6.42 Å². The molecule has 0 aliphatic carbocycles. The highest BCUT2D eigenvalue weighted by Crippen LogP contribution is 2.05. The smallest absolute Gasteiger partial charge is 0.0227 e. The van der Waals surface area contributed by atoms with Gasteiger partial charge in [-0.2, -0.15) is 0 Å². The summed E-state index contributed by atoms with van der Waals surface area (Å²) in [5.74, 6) is 1.38. The minimum atomic E-state index is 0.688. The van der Waals surface area contributed by atoms with E-state index in [9.17, 15) is 0 Å². The molecule has 0 saturated carbocycles. The SMILES string of the molecule is CC=CC(C)CC=CC(C)C. The van der Waals surface area contributed by atoms with Crippen molar-refractivity contribution in [1.82, 2.24) is 0 Å². The lowest BCUT2D eigenvalue weighted by Gasteiger charge is -2.00. The molecule has 11 heavy (non-hydrogen) atoms. The average molecular weight is 152 g/mol. The Morgan fingerprint density at radius 1 is 1.09 bits per heavy atom. The lowest BCUT2D eigenvalue weighted by Crippen LogP contribution is -1.86. The second-order valence-electron chi connectivity index (χ2n) is 3.41. The molecule has 0 bridgehead atoms. The topological polar surface area (TPSA) is 0 Å². The standard InChI is InChI=1S/C11H20/c1-5-7-11(4)9-6-8-10(2)3/h5-8,10-11H,9H2,1-4H3. The highest BCUT2D eigenvalue weighted by Gasteiger charge is 1.91. The predicted molar refractivity (Wildman–Crippen MR) is 52.6 cm³/mol. The van der Waals surface area contributed by atoms with Crippen molar-refractivity contribution in [2.45, 2.75) is 34.1 Å². The van der Waals surface area contributed by atoms with Crippen molar-refractivity contribution in [2.24, 2.45) is 11.8 Å². The van der Waals surface area contributed by atoms with Gasteiger partial charge in [0, 0.05) is 0 Å². The van der Waals surface area contributed by atoms with Crippen molar-refractivity contribution >= 4 is 0 Å². The maximum atomic E-state index is 2.27. The Bertz CT molecular complexity index is 129. The summed E-state index contributed by atoms with van der Waals surface area (Å²) in [4.78, 5) is 0. The highest BCUT2D eigenvalue weighted by atomic mass is 14.0. The van der Waals surface area contributed by atoms with Crippen molar-refractivity contribution < 1.29 is 0 Å². The van der Waals surface area contributed by atoms with E-state index in [4.69, 9.17) is 0 Å². The van der Waals surface area contributed by atoms with Gasteiger partial charge in [0.2, 0.25) is 0 Å². The molecule has 1 atom stereocenters. The van der Waals surface area contributed by atoms with Gasteiger partial charge < -0.3 is 0 Å². The van der Waals surface area contributed by atoms with Gasteiger partial charge in [-0.25, -0.2) is 0 Å². The van der Waals surface area contributed by atoms with Crippen molar-refractivity contribution in [3.8, 4) is 0 Å². The van der Waals surface area contributed by atoms with Gasteiger partial charge in [-0.05, 0) is 25.2 Å². The maximum absolute atomic E-state index is 2.27. The van der Waals surface area contributed by atoms with Crippen LogP contribution < -0.4 is 0 Å². The molecule has 0 radical (unpaired) electrons. The number of hydrogen-bond acceptors (Lipinski definition) is 0. The van der Waals surface area contributed by atoms with Gasteiger partial charge in [-0.3, -0.25) is 0 Å². The van der Waals surface area contributed by atoms with Gasteiger partial charge in [-0.1, -0.05) is 45.1 Å². The van der Waals surface area contributed by atoms with Crippen molar-refractivity contribution in [3.63, 3.8) is 0 Å². The molecule has 0 heterocycles. The lowest BCUT2D eigenvalue weighted by atomic mass is 10.1. The van der Waals surface area contributed by atoms with Gasteiger partial charge in [0.05, 0.1) is 0 Å². The molecule has 0 amide bonds. The third kappa shape index (κ3) is 7.38. The van der Waals surface area contributed by atoms with Crippen LogP contribution in [0.25, 0.3) is 0 Å². The first kappa shape index (κ1) is 10.5. The molecule has 0 aromatic heterocycles. The molecular formula is C11H20. The molecule has 0 aromatic carbocycles. The van der Waals surface area contributed by atoms with Crippen LogP contribution in [0.15, 0.2) is 24.3 Å². The van der Waals surface area contributed by atoms with E-state index in [1.54, 1.807) is 0 Å². The van der Waals surface area contributed by atoms with Crippen molar-refractivity contribution in [3.05, 3.63) is 24.3 Å². The largest absolute Gasteiger partial charge is 0.0914 e. The maximum Gasteiger partial charge on any atom is -0.0227 e. The van der Waals surface area contributed by atoms with Crippen molar-refractivity contribution in [1.29, 1.82) is 0 Å². The van der Waals surface area contributed by atoms with Crippen LogP contribution in [0, 0.1) is 11.8 Å². The van der Waals surface area contributed by atoms with Gasteiger partial charge in [0.1, 0.15) is 0 Å². The Morgan fingerprint density at radius 2 is 1.73 bits per heavy atom. The summed E-state index contributed by atoms with van der Waals surface area (Å²) in [6.45, 7) is 8.72. The van der Waals surface area contributed by atoms with Crippen LogP contribution in [-0.4, -0.2) is 0 Å². The highest BCUT2D eigenvalue weighted by molar-refractivity contribution is 4.91. The normalized spacial score (nSPS) is 15.4. The minimum Gasteiger partial charge on any atom is -0.0914 e. The molecule has 0 rings (SSSR count). The quantitative estimate of drug-likeness (QED) is 0.537. The summed E-state index contributed by atoms with van der Waals surface area (Å²) in [7, 11) is 0. The number of allylic oxidation sites excluding steroid dienone is 4. The monoisotopic (exact) mass is 152 g/mol. The van der Waals surface area contributed by atoms with E-state index >= 15 is 0 Å². The molecule has 0 nitrogen and oxygen atoms in total. The fourth-order valence-electron chi connectivity index (χ4n) is 0.972. The lowest BCUT2D eigenvalue weighted by molar-refractivity contribution is 0.732. The Kier molecular flexibility index (Phi) is 5.91. The first-order valence-corrected chi connectivity index (χ1v) is 4.46. The molecule has 0 heteroatoms. The average Bonchev–Trinajstić information content (AvgIpc) is 1.87. The van der Waals surface area contributed by atoms with Crippen LogP contribution in [0.3, 0.4) is 0 Å². The summed E-state index contributed by atoms with van der Waals surface area (Å²) >= 11 is 0. The third-order valence-corrected chi connectivity index (χ3v) is 1.55. The van der Waals surface area contributed by atoms with Crippen LogP contribution in [0.2, 0.25) is 0 Å². The second-order valence-corrected chi connectivity index (χ2v) is 3.41. The molecule has 0 aromatic rings. The molecule has 0 N–H and O–H groups in total. The van der Waals surface area contributed by atoms with Crippen LogP contribution >= 0.6 is 0 Å². The molecule has 0 spiro atoms. The summed E-state index contributed by atoms with van der Waals surface area (Å²) < 4.78 is 0. The van der Waals surface area contributed by atoms with Crippen molar-refractivity contribution in [2.75, 3.05) is 0 Å². The van der Waals surface area contributed by atoms with Crippen LogP contribution in [-0.2, 0) is 0 Å². The Hall–Kier alpha value is -0.520. The first-order valence-electron chi connectivity index (χ1n) is 4.46. The molecule has 1 unspecified atom stereocenters. The molecule has 0 fully saturated rings. The summed E-state index contributed by atoms with van der Waals surface area (Å²) in [5.41, 5.74) is 0. The van der Waals surface area contributed by atoms with Crippen LogP contribution in [0.5, 0.6) is 0 Å². The molecular weight excluding hydrogens is 132 g/mol. The summed E-state index contributed by atoms with van der Waals surface area (Å²) in [6.07, 6.45) is 10.1. The molecule has 64 valence electrons. The predicted octanol–water partition coefficient (Wildman–Crippen LogP) is 3.80. The van der Waals surface area contributed by atoms with Gasteiger partial charge in [-0.15, -0.1) is 0 Å². The summed E-state index contributed by atoms with van der Waals surface area (Å²) in [5, 5.41) is 0. The fourth-order valence-corrected chi connectivity index (χ4v) is 0.972. The zero-order chi connectivity index (χ0) is 8.69. The number of hydrogen-bond donors (Lipinski definition) is 0. The van der Waals surface area contributed by atoms with E-state index in [0.717, 1.165) is 0 Å². The molecule has 0 aliphatic rings. The first-order chi connectivity index (χ1) is 5.16. The van der Waals surface area contributed by atoms with E-state index in [1.807, 2.05) is 0 Å². The van der Waals surface area contributed by atoms with Gasteiger partial charge >= 0.3 is 0 Å². The minimum absolute atomic E-state index is 0.688. The zero-order valence-corrected chi connectivity index (χ0v) is 8.17. The Labute approximate surface area is 71.0 Å². The van der Waals surface area contributed by atoms with E-state index in [0.29, 0.717) is 11.8 Å². The van der Waals surface area contributed by atoms with Gasteiger partial charge in [0.25, 0.3) is 0 Å². The third-order valence-electron chi connectivity index (χ3n) is 1.55. The number of rotatable bonds is 4. The van der Waals surface area contributed by atoms with Gasteiger partial charge in [0.15, 0.2) is 0 Å². The Morgan fingerprint density at radius 3 is 2.18 bits per heavy atom. The van der Waals surface area contributed by atoms with Crippen LogP contribution in [0.1, 0.15) is 34.1 Å².